The number of benzene rings is 1. The van der Waals surface area contributed by atoms with Gasteiger partial charge in [0.15, 0.2) is 0 Å². The molecule has 0 radical (unpaired) electrons. The summed E-state index contributed by atoms with van der Waals surface area (Å²) in [5.41, 5.74) is 7.19. The number of nitrogens with two attached hydrogens (primary N) is 1. The van der Waals surface area contributed by atoms with E-state index in [4.69, 9.17) is 5.73 Å². The van der Waals surface area contributed by atoms with E-state index in [2.05, 4.69) is 12.2 Å². The Bertz CT molecular complexity index is 258. The van der Waals surface area contributed by atoms with E-state index in [0.717, 1.165) is 30.6 Å². The molecule has 0 aromatic heterocycles. The van der Waals surface area contributed by atoms with Gasteiger partial charge in [0.2, 0.25) is 0 Å². The maximum absolute atomic E-state index is 9.56. The molecule has 0 spiro atoms. The molecule has 0 bridgehead atoms. The molecular weight excluding hydrogens is 176 g/mol. The maximum Gasteiger partial charge on any atom is 0.124 e. The molecule has 0 saturated carbocycles. The number of hydrogen-bond acceptors (Lipinski definition) is 3. The van der Waals surface area contributed by atoms with Crippen molar-refractivity contribution < 1.29 is 5.11 Å². The third kappa shape index (κ3) is 3.66. The second-order valence-corrected chi connectivity index (χ2v) is 3.42. The minimum Gasteiger partial charge on any atom is -0.399 e. The van der Waals surface area contributed by atoms with Gasteiger partial charge >= 0.3 is 0 Å². The molecule has 4 N–H and O–H groups in total. The Labute approximate surface area is 84.9 Å². The Morgan fingerprint density at radius 1 is 1.36 bits per heavy atom. The van der Waals surface area contributed by atoms with Gasteiger partial charge in [0.1, 0.15) is 6.23 Å². The Kier molecular flexibility index (Phi) is 4.26. The van der Waals surface area contributed by atoms with E-state index in [1.807, 2.05) is 24.3 Å². The van der Waals surface area contributed by atoms with Crippen molar-refractivity contribution in [3.63, 3.8) is 0 Å². The van der Waals surface area contributed by atoms with Crippen molar-refractivity contribution in [1.29, 1.82) is 0 Å². The zero-order valence-electron chi connectivity index (χ0n) is 8.53. The van der Waals surface area contributed by atoms with E-state index in [-0.39, 0.29) is 0 Å². The molecule has 0 heterocycles. The maximum atomic E-state index is 9.56. The summed E-state index contributed by atoms with van der Waals surface area (Å²) < 4.78 is 0. The molecule has 0 fully saturated rings. The van der Waals surface area contributed by atoms with Crippen LogP contribution in [0.3, 0.4) is 0 Å². The molecule has 0 aliphatic rings. The molecule has 0 saturated heterocycles. The largest absolute Gasteiger partial charge is 0.399 e. The van der Waals surface area contributed by atoms with Crippen LogP contribution in [-0.2, 0) is 0 Å². The van der Waals surface area contributed by atoms with Crippen molar-refractivity contribution in [3.8, 4) is 0 Å². The van der Waals surface area contributed by atoms with Crippen molar-refractivity contribution >= 4 is 11.4 Å². The van der Waals surface area contributed by atoms with Crippen LogP contribution in [0.5, 0.6) is 0 Å². The molecule has 0 amide bonds. The standard InChI is InChI=1S/C11H18N2O/c1-2-3-4-11(14)13-10-7-5-9(12)6-8-10/h5-8,11,13-14H,2-4,12H2,1H3. The number of aliphatic hydroxyl groups excluding tert-OH is 1. The van der Waals surface area contributed by atoms with Gasteiger partial charge in [0.25, 0.3) is 0 Å². The first-order valence-electron chi connectivity index (χ1n) is 5.02. The smallest absolute Gasteiger partial charge is 0.124 e. The zero-order valence-corrected chi connectivity index (χ0v) is 8.53. The summed E-state index contributed by atoms with van der Waals surface area (Å²) in [6.07, 6.45) is 2.45. The normalized spacial score (nSPS) is 12.4. The van der Waals surface area contributed by atoms with Crippen molar-refractivity contribution in [3.05, 3.63) is 24.3 Å². The van der Waals surface area contributed by atoms with Gasteiger partial charge in [0.05, 0.1) is 0 Å². The summed E-state index contributed by atoms with van der Waals surface area (Å²) >= 11 is 0. The number of aliphatic hydroxyl groups is 1. The van der Waals surface area contributed by atoms with Gasteiger partial charge in [0, 0.05) is 11.4 Å². The van der Waals surface area contributed by atoms with Gasteiger partial charge in [-0.15, -0.1) is 0 Å². The number of nitrogen functional groups attached to an aromatic ring is 1. The molecule has 1 unspecified atom stereocenters. The van der Waals surface area contributed by atoms with Crippen LogP contribution in [0.1, 0.15) is 26.2 Å². The van der Waals surface area contributed by atoms with Crippen LogP contribution in [0.2, 0.25) is 0 Å². The van der Waals surface area contributed by atoms with Gasteiger partial charge in [-0.05, 0) is 37.1 Å². The third-order valence-corrected chi connectivity index (χ3v) is 2.08. The van der Waals surface area contributed by atoms with Crippen LogP contribution in [-0.4, -0.2) is 11.3 Å². The van der Waals surface area contributed by atoms with Crippen LogP contribution in [0, 0.1) is 0 Å². The quantitative estimate of drug-likeness (QED) is 0.497. The van der Waals surface area contributed by atoms with Crippen molar-refractivity contribution in [2.75, 3.05) is 11.1 Å². The average molecular weight is 194 g/mol. The highest BCUT2D eigenvalue weighted by Gasteiger charge is 2.01. The number of unbranched alkanes of at least 4 members (excludes halogenated alkanes) is 1. The predicted molar refractivity (Wildman–Crippen MR) is 60.0 cm³/mol. The Morgan fingerprint density at radius 3 is 2.57 bits per heavy atom. The fourth-order valence-corrected chi connectivity index (χ4v) is 1.24. The predicted octanol–water partition coefficient (Wildman–Crippen LogP) is 2.19. The fourth-order valence-electron chi connectivity index (χ4n) is 1.24. The van der Waals surface area contributed by atoms with Gasteiger partial charge in [-0.1, -0.05) is 13.3 Å². The first-order valence-corrected chi connectivity index (χ1v) is 5.02. The molecular formula is C11H18N2O. The Hall–Kier alpha value is -1.22. The fraction of sp³-hybridized carbons (Fsp3) is 0.455. The second kappa shape index (κ2) is 5.50. The number of rotatable bonds is 5. The highest BCUT2D eigenvalue weighted by atomic mass is 16.3. The second-order valence-electron chi connectivity index (χ2n) is 3.42. The van der Waals surface area contributed by atoms with E-state index in [9.17, 15) is 5.11 Å². The summed E-state index contributed by atoms with van der Waals surface area (Å²) in [5.74, 6) is 0. The lowest BCUT2D eigenvalue weighted by molar-refractivity contribution is 0.190. The molecule has 1 aromatic rings. The molecule has 1 rings (SSSR count). The van der Waals surface area contributed by atoms with Gasteiger partial charge in [-0.3, -0.25) is 0 Å². The van der Waals surface area contributed by atoms with E-state index >= 15 is 0 Å². The lowest BCUT2D eigenvalue weighted by atomic mass is 10.2. The third-order valence-electron chi connectivity index (χ3n) is 2.08. The van der Waals surface area contributed by atoms with Crippen molar-refractivity contribution in [2.45, 2.75) is 32.4 Å². The molecule has 1 aromatic carbocycles. The summed E-state index contributed by atoms with van der Waals surface area (Å²) in [4.78, 5) is 0. The highest BCUT2D eigenvalue weighted by molar-refractivity contribution is 5.51. The van der Waals surface area contributed by atoms with Gasteiger partial charge in [-0.2, -0.15) is 0 Å². The molecule has 14 heavy (non-hydrogen) atoms. The van der Waals surface area contributed by atoms with E-state index in [1.54, 1.807) is 0 Å². The number of anilines is 2. The molecule has 3 nitrogen and oxygen atoms in total. The Morgan fingerprint density at radius 2 is 2.00 bits per heavy atom. The summed E-state index contributed by atoms with van der Waals surface area (Å²) in [7, 11) is 0. The van der Waals surface area contributed by atoms with E-state index in [0.29, 0.717) is 0 Å². The first kappa shape index (κ1) is 10.9. The molecule has 3 heteroatoms. The lowest BCUT2D eigenvalue weighted by Crippen LogP contribution is -2.18. The van der Waals surface area contributed by atoms with Gasteiger partial charge in [-0.25, -0.2) is 0 Å². The van der Waals surface area contributed by atoms with E-state index in [1.165, 1.54) is 0 Å². The first-order chi connectivity index (χ1) is 6.72. The van der Waals surface area contributed by atoms with Crippen molar-refractivity contribution in [2.24, 2.45) is 0 Å². The zero-order chi connectivity index (χ0) is 10.4. The van der Waals surface area contributed by atoms with E-state index < -0.39 is 6.23 Å². The number of hydrogen-bond donors (Lipinski definition) is 3. The average Bonchev–Trinajstić information content (AvgIpc) is 2.18. The highest BCUT2D eigenvalue weighted by Crippen LogP contribution is 2.12. The molecule has 0 aliphatic carbocycles. The molecule has 78 valence electrons. The molecule has 1 atom stereocenters. The van der Waals surface area contributed by atoms with Crippen LogP contribution < -0.4 is 11.1 Å². The van der Waals surface area contributed by atoms with Gasteiger partial charge < -0.3 is 16.2 Å². The topological polar surface area (TPSA) is 58.3 Å². The minimum atomic E-state index is -0.460. The van der Waals surface area contributed by atoms with Crippen LogP contribution in [0.15, 0.2) is 24.3 Å². The number of nitrogens with one attached hydrogen (secondary N) is 1. The summed E-state index contributed by atoms with van der Waals surface area (Å²) in [6, 6.07) is 7.36. The minimum absolute atomic E-state index is 0.460. The van der Waals surface area contributed by atoms with Crippen LogP contribution >= 0.6 is 0 Å². The van der Waals surface area contributed by atoms with Crippen LogP contribution in [0.4, 0.5) is 11.4 Å². The monoisotopic (exact) mass is 194 g/mol. The lowest BCUT2D eigenvalue weighted by Gasteiger charge is -2.13. The summed E-state index contributed by atoms with van der Waals surface area (Å²) in [6.45, 7) is 2.11. The van der Waals surface area contributed by atoms with Crippen molar-refractivity contribution in [1.82, 2.24) is 0 Å². The van der Waals surface area contributed by atoms with Crippen LogP contribution in [0.25, 0.3) is 0 Å². The Balaban J connectivity index is 2.39. The summed E-state index contributed by atoms with van der Waals surface area (Å²) in [5, 5.41) is 12.6. The molecule has 0 aliphatic heterocycles. The SMILES string of the molecule is CCCCC(O)Nc1ccc(N)cc1.